The van der Waals surface area contributed by atoms with Gasteiger partial charge in [0, 0.05) is 12.6 Å². The van der Waals surface area contributed by atoms with Crippen molar-refractivity contribution in [1.82, 2.24) is 9.80 Å². The standard InChI is InChI=1S/C16H21FN2O/c17-15-7-2-1-6-14(15)16(20)12-18-8-4-10-19-9-3-5-13(19)11-18/h1-2,6-7,13H,3-5,8-12H2. The van der Waals surface area contributed by atoms with Crippen molar-refractivity contribution in [3.63, 3.8) is 0 Å². The van der Waals surface area contributed by atoms with Crippen LogP contribution < -0.4 is 0 Å². The molecule has 2 fully saturated rings. The van der Waals surface area contributed by atoms with E-state index < -0.39 is 5.82 Å². The highest BCUT2D eigenvalue weighted by atomic mass is 19.1. The Bertz CT molecular complexity index is 491. The van der Waals surface area contributed by atoms with Crippen molar-refractivity contribution < 1.29 is 9.18 Å². The van der Waals surface area contributed by atoms with Crippen LogP contribution in [0, 0.1) is 5.82 Å². The second kappa shape index (κ2) is 6.02. The smallest absolute Gasteiger partial charge is 0.179 e. The highest BCUT2D eigenvalue weighted by molar-refractivity contribution is 5.97. The van der Waals surface area contributed by atoms with Crippen LogP contribution in [-0.2, 0) is 0 Å². The van der Waals surface area contributed by atoms with Gasteiger partial charge in [-0.15, -0.1) is 0 Å². The van der Waals surface area contributed by atoms with E-state index in [1.54, 1.807) is 18.2 Å². The number of nitrogens with zero attached hydrogens (tertiary/aromatic N) is 2. The topological polar surface area (TPSA) is 23.6 Å². The Morgan fingerprint density at radius 2 is 2.00 bits per heavy atom. The molecule has 2 heterocycles. The van der Waals surface area contributed by atoms with Gasteiger partial charge in [-0.2, -0.15) is 0 Å². The number of carbonyl (C=O) groups excluding carboxylic acids is 1. The first-order valence-corrected chi connectivity index (χ1v) is 7.48. The van der Waals surface area contributed by atoms with E-state index in [0.717, 1.165) is 26.1 Å². The second-order valence-electron chi connectivity index (χ2n) is 5.82. The van der Waals surface area contributed by atoms with Gasteiger partial charge in [0.1, 0.15) is 5.82 Å². The van der Waals surface area contributed by atoms with Crippen LogP contribution in [0.3, 0.4) is 0 Å². The van der Waals surface area contributed by atoms with E-state index in [4.69, 9.17) is 0 Å². The molecule has 1 aromatic carbocycles. The molecule has 0 aliphatic carbocycles. The lowest BCUT2D eigenvalue weighted by Gasteiger charge is -2.25. The van der Waals surface area contributed by atoms with Gasteiger partial charge in [-0.25, -0.2) is 4.39 Å². The van der Waals surface area contributed by atoms with E-state index in [9.17, 15) is 9.18 Å². The first-order valence-electron chi connectivity index (χ1n) is 7.48. The van der Waals surface area contributed by atoms with Crippen molar-refractivity contribution in [2.24, 2.45) is 0 Å². The number of fused-ring (bicyclic) bond motifs is 1. The number of rotatable bonds is 3. The molecule has 4 heteroatoms. The van der Waals surface area contributed by atoms with Crippen LogP contribution in [0.5, 0.6) is 0 Å². The Kier molecular flexibility index (Phi) is 4.13. The zero-order valence-corrected chi connectivity index (χ0v) is 11.7. The molecule has 0 aromatic heterocycles. The largest absolute Gasteiger partial charge is 0.299 e. The summed E-state index contributed by atoms with van der Waals surface area (Å²) in [7, 11) is 0. The fraction of sp³-hybridized carbons (Fsp3) is 0.562. The predicted octanol–water partition coefficient (Wildman–Crippen LogP) is 2.18. The zero-order chi connectivity index (χ0) is 13.9. The molecule has 0 bridgehead atoms. The van der Waals surface area contributed by atoms with E-state index in [2.05, 4.69) is 9.80 Å². The summed E-state index contributed by atoms with van der Waals surface area (Å²) in [5.74, 6) is -0.510. The molecular formula is C16H21FN2O. The minimum Gasteiger partial charge on any atom is -0.299 e. The highest BCUT2D eigenvalue weighted by Crippen LogP contribution is 2.21. The third-order valence-electron chi connectivity index (χ3n) is 4.43. The second-order valence-corrected chi connectivity index (χ2v) is 5.82. The fourth-order valence-electron chi connectivity index (χ4n) is 3.40. The van der Waals surface area contributed by atoms with Crippen LogP contribution in [0.25, 0.3) is 0 Å². The molecule has 1 unspecified atom stereocenters. The Morgan fingerprint density at radius 1 is 1.20 bits per heavy atom. The summed E-state index contributed by atoms with van der Waals surface area (Å²) in [5, 5.41) is 0. The summed E-state index contributed by atoms with van der Waals surface area (Å²) < 4.78 is 13.6. The predicted molar refractivity (Wildman–Crippen MR) is 76.4 cm³/mol. The number of benzene rings is 1. The van der Waals surface area contributed by atoms with Crippen molar-refractivity contribution in [3.8, 4) is 0 Å². The van der Waals surface area contributed by atoms with E-state index in [0.29, 0.717) is 12.6 Å². The molecule has 20 heavy (non-hydrogen) atoms. The van der Waals surface area contributed by atoms with Crippen LogP contribution in [0.1, 0.15) is 29.6 Å². The molecule has 0 N–H and O–H groups in total. The van der Waals surface area contributed by atoms with Gasteiger partial charge in [-0.3, -0.25) is 14.6 Å². The summed E-state index contributed by atoms with van der Waals surface area (Å²) in [5.41, 5.74) is 0.222. The number of Topliss-reactive ketones (excluding diaryl/α,β-unsaturated/α-hetero) is 1. The van der Waals surface area contributed by atoms with Crippen molar-refractivity contribution in [1.29, 1.82) is 0 Å². The summed E-state index contributed by atoms with van der Waals surface area (Å²) in [6, 6.07) is 6.86. The highest BCUT2D eigenvalue weighted by Gasteiger charge is 2.29. The minimum atomic E-state index is -0.408. The van der Waals surface area contributed by atoms with E-state index in [1.807, 2.05) is 0 Å². The SMILES string of the molecule is O=C(CN1CCCN2CCCC2C1)c1ccccc1F. The molecule has 0 amide bonds. The van der Waals surface area contributed by atoms with Crippen molar-refractivity contribution in [2.75, 3.05) is 32.7 Å². The average molecular weight is 276 g/mol. The quantitative estimate of drug-likeness (QED) is 0.791. The molecule has 0 spiro atoms. The molecular weight excluding hydrogens is 255 g/mol. The van der Waals surface area contributed by atoms with Gasteiger partial charge in [0.25, 0.3) is 0 Å². The molecule has 2 aliphatic rings. The number of halogens is 1. The summed E-state index contributed by atoms with van der Waals surface area (Å²) in [6.07, 6.45) is 3.59. The van der Waals surface area contributed by atoms with Crippen LogP contribution in [0.4, 0.5) is 4.39 Å². The molecule has 0 saturated carbocycles. The summed E-state index contributed by atoms with van der Waals surface area (Å²) in [4.78, 5) is 17.0. The summed E-state index contributed by atoms with van der Waals surface area (Å²) in [6.45, 7) is 4.55. The Labute approximate surface area is 119 Å². The molecule has 3 nitrogen and oxygen atoms in total. The normalized spacial score (nSPS) is 24.4. The average Bonchev–Trinajstić information content (AvgIpc) is 2.78. The van der Waals surface area contributed by atoms with Crippen LogP contribution in [0.2, 0.25) is 0 Å². The maximum absolute atomic E-state index is 13.6. The summed E-state index contributed by atoms with van der Waals surface area (Å²) >= 11 is 0. The zero-order valence-electron chi connectivity index (χ0n) is 11.7. The minimum absolute atomic E-state index is 0.102. The number of carbonyl (C=O) groups is 1. The number of hydrogen-bond donors (Lipinski definition) is 0. The van der Waals surface area contributed by atoms with Gasteiger partial charge >= 0.3 is 0 Å². The molecule has 0 radical (unpaired) electrons. The lowest BCUT2D eigenvalue weighted by atomic mass is 10.1. The number of ketones is 1. The maximum atomic E-state index is 13.6. The monoisotopic (exact) mass is 276 g/mol. The Balaban J connectivity index is 1.65. The molecule has 1 aromatic rings. The molecule has 3 rings (SSSR count). The third-order valence-corrected chi connectivity index (χ3v) is 4.43. The van der Waals surface area contributed by atoms with Gasteiger partial charge in [0.15, 0.2) is 5.78 Å². The van der Waals surface area contributed by atoms with E-state index >= 15 is 0 Å². The van der Waals surface area contributed by atoms with Gasteiger partial charge < -0.3 is 0 Å². The Morgan fingerprint density at radius 3 is 2.85 bits per heavy atom. The number of hydrogen-bond acceptors (Lipinski definition) is 3. The van der Waals surface area contributed by atoms with E-state index in [1.165, 1.54) is 25.5 Å². The van der Waals surface area contributed by atoms with Crippen LogP contribution >= 0.6 is 0 Å². The first kappa shape index (κ1) is 13.7. The van der Waals surface area contributed by atoms with Crippen LogP contribution in [-0.4, -0.2) is 54.3 Å². The first-order chi connectivity index (χ1) is 9.74. The van der Waals surface area contributed by atoms with Crippen molar-refractivity contribution >= 4 is 5.78 Å². The van der Waals surface area contributed by atoms with Gasteiger partial charge in [0.2, 0.25) is 0 Å². The molecule has 1 atom stereocenters. The lowest BCUT2D eigenvalue weighted by Crippen LogP contribution is -2.39. The fourth-order valence-corrected chi connectivity index (χ4v) is 3.40. The van der Waals surface area contributed by atoms with Crippen LogP contribution in [0.15, 0.2) is 24.3 Å². The van der Waals surface area contributed by atoms with E-state index in [-0.39, 0.29) is 11.3 Å². The van der Waals surface area contributed by atoms with Gasteiger partial charge in [-0.1, -0.05) is 12.1 Å². The maximum Gasteiger partial charge on any atom is 0.179 e. The van der Waals surface area contributed by atoms with Gasteiger partial charge in [0.05, 0.1) is 12.1 Å². The van der Waals surface area contributed by atoms with Crippen molar-refractivity contribution in [2.45, 2.75) is 25.3 Å². The Hall–Kier alpha value is -1.26. The molecule has 2 aliphatic heterocycles. The third kappa shape index (κ3) is 2.91. The lowest BCUT2D eigenvalue weighted by molar-refractivity contribution is 0.0921. The van der Waals surface area contributed by atoms with Crippen molar-refractivity contribution in [3.05, 3.63) is 35.6 Å². The van der Waals surface area contributed by atoms with Gasteiger partial charge in [-0.05, 0) is 51.0 Å². The molecule has 2 saturated heterocycles. The molecule has 108 valence electrons.